The molecule has 0 saturated heterocycles. The number of rotatable bonds is 2. The molecule has 0 bridgehead atoms. The first-order valence-electron chi connectivity index (χ1n) is 3.94. The van der Waals surface area contributed by atoms with Crippen molar-refractivity contribution >= 4 is 11.3 Å². The molecular weight excluding hydrogens is 168 g/mol. The molecule has 0 atom stereocenters. The number of thiophene rings is 1. The summed E-state index contributed by atoms with van der Waals surface area (Å²) in [5.74, 6) is 0.440. The molecule has 1 aromatic heterocycles. The molecule has 0 radical (unpaired) electrons. The molecule has 0 saturated carbocycles. The third-order valence-electron chi connectivity index (χ3n) is 1.91. The van der Waals surface area contributed by atoms with E-state index in [0.29, 0.717) is 5.92 Å². The second-order valence-electron chi connectivity index (χ2n) is 2.76. The molecule has 1 N–H and O–H groups in total. The molecule has 0 unspecified atom stereocenters. The number of aliphatic hydroxyl groups excluding tert-OH is 1. The highest BCUT2D eigenvalue weighted by atomic mass is 32.1. The van der Waals surface area contributed by atoms with Crippen LogP contribution in [0.15, 0.2) is 36.4 Å². The van der Waals surface area contributed by atoms with Crippen molar-refractivity contribution in [3.63, 3.8) is 0 Å². The van der Waals surface area contributed by atoms with Crippen molar-refractivity contribution < 1.29 is 5.11 Å². The summed E-state index contributed by atoms with van der Waals surface area (Å²) in [6, 6.07) is 4.07. The lowest BCUT2D eigenvalue weighted by atomic mass is 10.1. The molecule has 1 aliphatic rings. The molecule has 1 nitrogen and oxygen atoms in total. The van der Waals surface area contributed by atoms with Crippen LogP contribution in [0.5, 0.6) is 0 Å². The third kappa shape index (κ3) is 1.36. The monoisotopic (exact) mass is 178 g/mol. The van der Waals surface area contributed by atoms with Crippen LogP contribution in [-0.2, 0) is 6.61 Å². The zero-order valence-electron chi connectivity index (χ0n) is 6.60. The second-order valence-corrected chi connectivity index (χ2v) is 3.96. The van der Waals surface area contributed by atoms with E-state index < -0.39 is 0 Å². The van der Waals surface area contributed by atoms with Crippen LogP contribution < -0.4 is 0 Å². The maximum absolute atomic E-state index is 8.87. The van der Waals surface area contributed by atoms with E-state index in [1.54, 1.807) is 11.3 Å². The van der Waals surface area contributed by atoms with Crippen LogP contribution in [0.3, 0.4) is 0 Å². The Morgan fingerprint density at radius 3 is 2.58 bits per heavy atom. The Labute approximate surface area is 75.7 Å². The van der Waals surface area contributed by atoms with Crippen LogP contribution in [0.2, 0.25) is 0 Å². The van der Waals surface area contributed by atoms with Gasteiger partial charge in [0.25, 0.3) is 0 Å². The van der Waals surface area contributed by atoms with Crippen LogP contribution in [0.25, 0.3) is 0 Å². The van der Waals surface area contributed by atoms with Crippen molar-refractivity contribution in [1.29, 1.82) is 0 Å². The molecule has 62 valence electrons. The standard InChI is InChI=1S/C10H10OS/c11-7-9-5-6-10(12-9)8-3-1-2-4-8/h1-6,8,11H,7H2. The molecule has 2 rings (SSSR count). The molecule has 0 aliphatic heterocycles. The minimum atomic E-state index is 0.158. The van der Waals surface area contributed by atoms with Crippen molar-refractivity contribution in [3.05, 3.63) is 46.2 Å². The summed E-state index contributed by atoms with van der Waals surface area (Å²) in [6.07, 6.45) is 8.44. The van der Waals surface area contributed by atoms with Gasteiger partial charge in [-0.2, -0.15) is 0 Å². The van der Waals surface area contributed by atoms with Crippen molar-refractivity contribution in [1.82, 2.24) is 0 Å². The molecule has 0 fully saturated rings. The summed E-state index contributed by atoms with van der Waals surface area (Å²) in [5.41, 5.74) is 0. The first-order valence-corrected chi connectivity index (χ1v) is 4.76. The van der Waals surface area contributed by atoms with E-state index in [4.69, 9.17) is 5.11 Å². The van der Waals surface area contributed by atoms with Gasteiger partial charge in [0.1, 0.15) is 0 Å². The maximum atomic E-state index is 8.87. The average Bonchev–Trinajstić information content (AvgIpc) is 2.75. The van der Waals surface area contributed by atoms with Crippen molar-refractivity contribution in [2.45, 2.75) is 12.5 Å². The predicted molar refractivity (Wildman–Crippen MR) is 51.3 cm³/mol. The Morgan fingerprint density at radius 1 is 1.25 bits per heavy atom. The Kier molecular flexibility index (Phi) is 2.11. The number of aliphatic hydroxyl groups is 1. The summed E-state index contributed by atoms with van der Waals surface area (Å²) >= 11 is 1.68. The Morgan fingerprint density at radius 2 is 2.00 bits per heavy atom. The van der Waals surface area contributed by atoms with E-state index >= 15 is 0 Å². The fraction of sp³-hybridized carbons (Fsp3) is 0.200. The van der Waals surface area contributed by atoms with Crippen molar-refractivity contribution in [2.24, 2.45) is 0 Å². The van der Waals surface area contributed by atoms with Gasteiger partial charge in [0, 0.05) is 15.7 Å². The van der Waals surface area contributed by atoms with Gasteiger partial charge in [0.15, 0.2) is 0 Å². The fourth-order valence-electron chi connectivity index (χ4n) is 1.28. The van der Waals surface area contributed by atoms with Crippen molar-refractivity contribution in [3.8, 4) is 0 Å². The summed E-state index contributed by atoms with van der Waals surface area (Å²) in [6.45, 7) is 0.158. The van der Waals surface area contributed by atoms with E-state index in [0.717, 1.165) is 4.88 Å². The molecular formula is C10H10OS. The maximum Gasteiger partial charge on any atom is 0.0774 e. The molecule has 1 aliphatic carbocycles. The molecule has 1 aromatic rings. The number of hydrogen-bond acceptors (Lipinski definition) is 2. The quantitative estimate of drug-likeness (QED) is 0.737. The zero-order valence-corrected chi connectivity index (χ0v) is 7.42. The highest BCUT2D eigenvalue weighted by molar-refractivity contribution is 7.12. The lowest BCUT2D eigenvalue weighted by molar-refractivity contribution is 0.285. The lowest BCUT2D eigenvalue weighted by Crippen LogP contribution is -1.81. The van der Waals surface area contributed by atoms with Crippen LogP contribution in [0, 0.1) is 0 Å². The first kappa shape index (κ1) is 7.77. The minimum Gasteiger partial charge on any atom is -0.391 e. The Bertz CT molecular complexity index is 310. The second kappa shape index (κ2) is 3.25. The van der Waals surface area contributed by atoms with Crippen molar-refractivity contribution in [2.75, 3.05) is 0 Å². The molecule has 12 heavy (non-hydrogen) atoms. The zero-order chi connectivity index (χ0) is 8.39. The average molecular weight is 178 g/mol. The van der Waals surface area contributed by atoms with Gasteiger partial charge in [0.05, 0.1) is 6.61 Å². The number of hydrogen-bond donors (Lipinski definition) is 1. The SMILES string of the molecule is OCc1ccc(C2C=CC=C2)s1. The minimum absolute atomic E-state index is 0.158. The predicted octanol–water partition coefficient (Wildman–Crippen LogP) is 2.45. The molecule has 0 aromatic carbocycles. The Hall–Kier alpha value is -0.860. The van der Waals surface area contributed by atoms with Gasteiger partial charge in [0.2, 0.25) is 0 Å². The normalized spacial score (nSPS) is 16.1. The van der Waals surface area contributed by atoms with Gasteiger partial charge in [-0.1, -0.05) is 24.3 Å². The molecule has 0 spiro atoms. The van der Waals surface area contributed by atoms with Gasteiger partial charge in [-0.15, -0.1) is 11.3 Å². The number of allylic oxidation sites excluding steroid dienone is 4. The van der Waals surface area contributed by atoms with Crippen LogP contribution in [0.4, 0.5) is 0 Å². The third-order valence-corrected chi connectivity index (χ3v) is 3.09. The topological polar surface area (TPSA) is 20.2 Å². The van der Waals surface area contributed by atoms with E-state index in [2.05, 4.69) is 30.4 Å². The van der Waals surface area contributed by atoms with Gasteiger partial charge in [-0.3, -0.25) is 0 Å². The summed E-state index contributed by atoms with van der Waals surface area (Å²) in [5, 5.41) is 8.87. The summed E-state index contributed by atoms with van der Waals surface area (Å²) < 4.78 is 0. The molecule has 1 heterocycles. The fourth-order valence-corrected chi connectivity index (χ4v) is 2.21. The molecule has 2 heteroatoms. The first-order chi connectivity index (χ1) is 5.90. The van der Waals surface area contributed by atoms with E-state index in [9.17, 15) is 0 Å². The van der Waals surface area contributed by atoms with Crippen LogP contribution >= 0.6 is 11.3 Å². The summed E-state index contributed by atoms with van der Waals surface area (Å²) in [4.78, 5) is 2.35. The smallest absolute Gasteiger partial charge is 0.0774 e. The van der Waals surface area contributed by atoms with Crippen LogP contribution in [-0.4, -0.2) is 5.11 Å². The van der Waals surface area contributed by atoms with E-state index in [-0.39, 0.29) is 6.61 Å². The molecule has 0 amide bonds. The lowest BCUT2D eigenvalue weighted by Gasteiger charge is -1.98. The summed E-state index contributed by atoms with van der Waals surface area (Å²) in [7, 11) is 0. The van der Waals surface area contributed by atoms with Gasteiger partial charge in [-0.25, -0.2) is 0 Å². The van der Waals surface area contributed by atoms with E-state index in [1.165, 1.54) is 4.88 Å². The van der Waals surface area contributed by atoms with E-state index in [1.807, 2.05) is 6.07 Å². The highest BCUT2D eigenvalue weighted by Gasteiger charge is 2.08. The van der Waals surface area contributed by atoms with Gasteiger partial charge < -0.3 is 5.11 Å². The Balaban J connectivity index is 2.22. The van der Waals surface area contributed by atoms with Gasteiger partial charge in [-0.05, 0) is 12.1 Å². The highest BCUT2D eigenvalue weighted by Crippen LogP contribution is 2.29. The largest absolute Gasteiger partial charge is 0.391 e. The van der Waals surface area contributed by atoms with Gasteiger partial charge >= 0.3 is 0 Å². The van der Waals surface area contributed by atoms with Crippen LogP contribution in [0.1, 0.15) is 15.7 Å².